The van der Waals surface area contributed by atoms with Gasteiger partial charge in [-0.2, -0.15) is 13.2 Å². The van der Waals surface area contributed by atoms with Gasteiger partial charge in [0.25, 0.3) is 0 Å². The van der Waals surface area contributed by atoms with Crippen LogP contribution in [0, 0.1) is 5.82 Å². The summed E-state index contributed by atoms with van der Waals surface area (Å²) in [6.45, 7) is 0. The van der Waals surface area contributed by atoms with Gasteiger partial charge >= 0.3 is 6.18 Å². The summed E-state index contributed by atoms with van der Waals surface area (Å²) < 4.78 is 49.2. The Hall–Kier alpha value is -0.530. The molecule has 0 unspecified atom stereocenters. The number of phenolic OH excluding ortho intramolecular Hbond substituents is 1. The van der Waals surface area contributed by atoms with Crippen LogP contribution in [0.15, 0.2) is 16.6 Å². The van der Waals surface area contributed by atoms with E-state index in [0.717, 1.165) is 6.07 Å². The number of hydrogen-bond acceptors (Lipinski definition) is 2. The molecule has 0 bridgehead atoms. The van der Waals surface area contributed by atoms with Crippen molar-refractivity contribution in [3.63, 3.8) is 0 Å². The van der Waals surface area contributed by atoms with E-state index in [4.69, 9.17) is 5.73 Å². The van der Waals surface area contributed by atoms with Gasteiger partial charge in [0, 0.05) is 5.56 Å². The van der Waals surface area contributed by atoms with Crippen molar-refractivity contribution >= 4 is 28.3 Å². The van der Waals surface area contributed by atoms with Crippen LogP contribution in [0.25, 0.3) is 0 Å². The molecule has 3 N–H and O–H groups in total. The van der Waals surface area contributed by atoms with Crippen molar-refractivity contribution in [2.24, 2.45) is 5.73 Å². The van der Waals surface area contributed by atoms with E-state index < -0.39 is 29.3 Å². The molecule has 0 aliphatic heterocycles. The second kappa shape index (κ2) is 5.20. The number of hydrogen-bond donors (Lipinski definition) is 2. The Labute approximate surface area is 103 Å². The molecule has 2 nitrogen and oxygen atoms in total. The second-order valence-electron chi connectivity index (χ2n) is 2.84. The standard InChI is InChI=1S/C8H6BrF4NO.ClH/c9-5-2-3(10)1-4(6(5)15)7(14)8(11,12)13;/h1-2,7,15H,14H2;1H/t7-;/m1./s1. The van der Waals surface area contributed by atoms with Crippen molar-refractivity contribution < 1.29 is 22.7 Å². The van der Waals surface area contributed by atoms with Crippen LogP contribution in [0.5, 0.6) is 5.75 Å². The molecule has 0 heterocycles. The van der Waals surface area contributed by atoms with Gasteiger partial charge in [0.15, 0.2) is 0 Å². The number of nitrogens with two attached hydrogens (primary N) is 1. The van der Waals surface area contributed by atoms with E-state index in [1.165, 1.54) is 0 Å². The minimum Gasteiger partial charge on any atom is -0.506 e. The molecule has 0 amide bonds. The highest BCUT2D eigenvalue weighted by molar-refractivity contribution is 9.10. The van der Waals surface area contributed by atoms with Crippen molar-refractivity contribution in [3.05, 3.63) is 28.0 Å². The van der Waals surface area contributed by atoms with E-state index in [0.29, 0.717) is 6.07 Å². The number of phenols is 1. The number of aromatic hydroxyl groups is 1. The first-order valence-electron chi connectivity index (χ1n) is 3.73. The van der Waals surface area contributed by atoms with Crippen molar-refractivity contribution in [1.29, 1.82) is 0 Å². The molecule has 1 atom stereocenters. The third kappa shape index (κ3) is 3.23. The first kappa shape index (κ1) is 15.5. The monoisotopic (exact) mass is 323 g/mol. The molecule has 1 aromatic carbocycles. The average Bonchev–Trinajstić information content (AvgIpc) is 2.08. The SMILES string of the molecule is Cl.N[C@H](c1cc(F)cc(Br)c1O)C(F)(F)F. The Morgan fingerprint density at radius 1 is 1.31 bits per heavy atom. The maximum atomic E-state index is 12.8. The van der Waals surface area contributed by atoms with Gasteiger partial charge in [0.1, 0.15) is 17.6 Å². The molecule has 1 aromatic rings. The molecule has 1 rings (SSSR count). The highest BCUT2D eigenvalue weighted by atomic mass is 79.9. The highest BCUT2D eigenvalue weighted by Gasteiger charge is 2.39. The van der Waals surface area contributed by atoms with Crippen LogP contribution in [0.4, 0.5) is 17.6 Å². The zero-order valence-corrected chi connectivity index (χ0v) is 9.96. The summed E-state index contributed by atoms with van der Waals surface area (Å²) in [5.41, 5.74) is 4.14. The first-order chi connectivity index (χ1) is 6.73. The second-order valence-corrected chi connectivity index (χ2v) is 3.70. The van der Waals surface area contributed by atoms with E-state index in [1.54, 1.807) is 0 Å². The molecule has 0 spiro atoms. The van der Waals surface area contributed by atoms with Crippen LogP contribution in [0.3, 0.4) is 0 Å². The van der Waals surface area contributed by atoms with E-state index in [-0.39, 0.29) is 16.9 Å². The largest absolute Gasteiger partial charge is 0.506 e. The van der Waals surface area contributed by atoms with Crippen molar-refractivity contribution in [2.45, 2.75) is 12.2 Å². The molecule has 0 radical (unpaired) electrons. The number of benzene rings is 1. The maximum Gasteiger partial charge on any atom is 0.407 e. The van der Waals surface area contributed by atoms with Gasteiger partial charge in [0.05, 0.1) is 4.47 Å². The third-order valence-electron chi connectivity index (χ3n) is 1.75. The highest BCUT2D eigenvalue weighted by Crippen LogP contribution is 2.38. The van der Waals surface area contributed by atoms with Crippen molar-refractivity contribution in [2.75, 3.05) is 0 Å². The number of alkyl halides is 3. The fourth-order valence-electron chi connectivity index (χ4n) is 0.999. The zero-order chi connectivity index (χ0) is 11.8. The summed E-state index contributed by atoms with van der Waals surface area (Å²) >= 11 is 2.72. The van der Waals surface area contributed by atoms with Gasteiger partial charge in [-0.15, -0.1) is 12.4 Å². The summed E-state index contributed by atoms with van der Waals surface area (Å²) in [5.74, 6) is -1.62. The fourth-order valence-corrected chi connectivity index (χ4v) is 1.45. The lowest BCUT2D eigenvalue weighted by Crippen LogP contribution is -2.28. The van der Waals surface area contributed by atoms with Crippen LogP contribution in [-0.2, 0) is 0 Å². The molecular weight excluding hydrogens is 317 g/mol. The predicted octanol–water partition coefficient (Wildman–Crippen LogP) is 3.28. The van der Waals surface area contributed by atoms with Gasteiger partial charge in [-0.1, -0.05) is 0 Å². The summed E-state index contributed by atoms with van der Waals surface area (Å²) in [4.78, 5) is 0. The average molecular weight is 324 g/mol. The van der Waals surface area contributed by atoms with E-state index >= 15 is 0 Å². The van der Waals surface area contributed by atoms with Gasteiger partial charge in [0.2, 0.25) is 0 Å². The zero-order valence-electron chi connectivity index (χ0n) is 7.55. The lowest BCUT2D eigenvalue weighted by molar-refractivity contribution is -0.149. The quantitative estimate of drug-likeness (QED) is 0.779. The van der Waals surface area contributed by atoms with Crippen LogP contribution in [0.2, 0.25) is 0 Å². The van der Waals surface area contributed by atoms with E-state index in [2.05, 4.69) is 15.9 Å². The number of halogens is 6. The molecule has 16 heavy (non-hydrogen) atoms. The Bertz CT molecular complexity index is 385. The van der Waals surface area contributed by atoms with Crippen LogP contribution in [0.1, 0.15) is 11.6 Å². The van der Waals surface area contributed by atoms with Crippen LogP contribution >= 0.6 is 28.3 Å². The predicted molar refractivity (Wildman–Crippen MR) is 56.0 cm³/mol. The molecular formula is C8H7BrClF4NO. The van der Waals surface area contributed by atoms with Crippen molar-refractivity contribution in [3.8, 4) is 5.75 Å². The first-order valence-corrected chi connectivity index (χ1v) is 4.53. The van der Waals surface area contributed by atoms with Crippen LogP contribution < -0.4 is 5.73 Å². The third-order valence-corrected chi connectivity index (χ3v) is 2.35. The molecule has 0 aromatic heterocycles. The fraction of sp³-hybridized carbons (Fsp3) is 0.250. The Kier molecular flexibility index (Phi) is 5.03. The topological polar surface area (TPSA) is 46.2 Å². The molecule has 0 saturated heterocycles. The summed E-state index contributed by atoms with van der Waals surface area (Å²) in [6.07, 6.45) is -4.73. The molecule has 92 valence electrons. The van der Waals surface area contributed by atoms with Crippen LogP contribution in [-0.4, -0.2) is 11.3 Å². The lowest BCUT2D eigenvalue weighted by atomic mass is 10.1. The Morgan fingerprint density at radius 2 is 1.81 bits per heavy atom. The molecule has 0 fully saturated rings. The normalized spacial score (nSPS) is 13.1. The van der Waals surface area contributed by atoms with Gasteiger partial charge in [-0.25, -0.2) is 4.39 Å². The summed E-state index contributed by atoms with van der Waals surface area (Å²) in [5, 5.41) is 9.26. The minimum absolute atomic E-state index is 0. The molecule has 0 aliphatic carbocycles. The van der Waals surface area contributed by atoms with Crippen molar-refractivity contribution in [1.82, 2.24) is 0 Å². The lowest BCUT2D eigenvalue weighted by Gasteiger charge is -2.17. The minimum atomic E-state index is -4.73. The van der Waals surface area contributed by atoms with E-state index in [1.807, 2.05) is 0 Å². The van der Waals surface area contributed by atoms with E-state index in [9.17, 15) is 22.7 Å². The molecule has 0 saturated carbocycles. The maximum absolute atomic E-state index is 12.8. The summed E-state index contributed by atoms with van der Waals surface area (Å²) in [7, 11) is 0. The smallest absolute Gasteiger partial charge is 0.407 e. The Balaban J connectivity index is 0.00000225. The number of rotatable bonds is 1. The van der Waals surface area contributed by atoms with Gasteiger partial charge in [-0.3, -0.25) is 0 Å². The molecule has 8 heteroatoms. The molecule has 0 aliphatic rings. The van der Waals surface area contributed by atoms with Gasteiger partial charge in [-0.05, 0) is 28.1 Å². The Morgan fingerprint density at radius 3 is 2.25 bits per heavy atom. The summed E-state index contributed by atoms with van der Waals surface area (Å²) in [6, 6.07) is -1.01. The van der Waals surface area contributed by atoms with Gasteiger partial charge < -0.3 is 10.8 Å².